The van der Waals surface area contributed by atoms with Crippen LogP contribution in [0.5, 0.6) is 11.5 Å². The number of ether oxygens (including phenoxy) is 2. The first kappa shape index (κ1) is 10.8. The third kappa shape index (κ3) is 1.71. The highest BCUT2D eigenvalue weighted by Gasteiger charge is 2.06. The molecular weight excluding hydrogens is 200 g/mol. The van der Waals surface area contributed by atoms with Crippen LogP contribution in [0.25, 0.3) is 10.8 Å². The summed E-state index contributed by atoms with van der Waals surface area (Å²) in [5, 5.41) is 2.09. The fourth-order valence-corrected chi connectivity index (χ4v) is 1.88. The molecule has 0 aliphatic heterocycles. The van der Waals surface area contributed by atoms with E-state index in [0.717, 1.165) is 33.4 Å². The molecule has 0 heterocycles. The molecule has 2 aromatic carbocycles. The van der Waals surface area contributed by atoms with E-state index in [9.17, 15) is 0 Å². The van der Waals surface area contributed by atoms with Crippen LogP contribution < -0.4 is 9.47 Å². The normalized spacial score (nSPS) is 10.5. The SMILES string of the molecule is [CH2]c1cc(OC)cc2cc(OC)cc([CH2])c12. The van der Waals surface area contributed by atoms with Crippen LogP contribution in [0.15, 0.2) is 24.3 Å². The molecule has 0 fully saturated rings. The van der Waals surface area contributed by atoms with E-state index in [1.165, 1.54) is 0 Å². The van der Waals surface area contributed by atoms with Gasteiger partial charge >= 0.3 is 0 Å². The predicted molar refractivity (Wildman–Crippen MR) is 66.0 cm³/mol. The van der Waals surface area contributed by atoms with Crippen molar-refractivity contribution in [2.75, 3.05) is 14.2 Å². The van der Waals surface area contributed by atoms with Crippen LogP contribution in [0.2, 0.25) is 0 Å². The van der Waals surface area contributed by atoms with Crippen LogP contribution in [-0.2, 0) is 0 Å². The van der Waals surface area contributed by atoms with Gasteiger partial charge in [0, 0.05) is 0 Å². The van der Waals surface area contributed by atoms with Gasteiger partial charge in [-0.25, -0.2) is 0 Å². The van der Waals surface area contributed by atoms with Crippen LogP contribution in [0.4, 0.5) is 0 Å². The zero-order valence-corrected chi connectivity index (χ0v) is 9.54. The van der Waals surface area contributed by atoms with E-state index in [1.54, 1.807) is 14.2 Å². The van der Waals surface area contributed by atoms with Gasteiger partial charge in [0.2, 0.25) is 0 Å². The first-order chi connectivity index (χ1) is 7.65. The Morgan fingerprint density at radius 1 is 0.812 bits per heavy atom. The van der Waals surface area contributed by atoms with Crippen molar-refractivity contribution in [2.24, 2.45) is 0 Å². The summed E-state index contributed by atoms with van der Waals surface area (Å²) < 4.78 is 10.4. The van der Waals surface area contributed by atoms with Gasteiger partial charge in [0.25, 0.3) is 0 Å². The Kier molecular flexibility index (Phi) is 2.73. The van der Waals surface area contributed by atoms with Gasteiger partial charge in [0.15, 0.2) is 0 Å². The Morgan fingerprint density at radius 2 is 1.25 bits per heavy atom. The second-order valence-corrected chi connectivity index (χ2v) is 3.67. The highest BCUT2D eigenvalue weighted by molar-refractivity contribution is 5.92. The van der Waals surface area contributed by atoms with Crippen molar-refractivity contribution in [2.45, 2.75) is 0 Å². The van der Waals surface area contributed by atoms with Gasteiger partial charge in [-0.05, 0) is 60.0 Å². The van der Waals surface area contributed by atoms with Gasteiger partial charge in [-0.2, -0.15) is 0 Å². The number of hydrogen-bond donors (Lipinski definition) is 0. The summed E-state index contributed by atoms with van der Waals surface area (Å²) in [4.78, 5) is 0. The maximum absolute atomic E-state index is 5.22. The van der Waals surface area contributed by atoms with Crippen molar-refractivity contribution in [1.29, 1.82) is 0 Å². The molecule has 0 aliphatic rings. The molecule has 2 nitrogen and oxygen atoms in total. The van der Waals surface area contributed by atoms with E-state index < -0.39 is 0 Å². The maximum Gasteiger partial charge on any atom is 0.119 e. The van der Waals surface area contributed by atoms with Gasteiger partial charge in [-0.3, -0.25) is 0 Å². The van der Waals surface area contributed by atoms with E-state index in [1.807, 2.05) is 24.3 Å². The van der Waals surface area contributed by atoms with Gasteiger partial charge in [0.1, 0.15) is 11.5 Å². The summed E-state index contributed by atoms with van der Waals surface area (Å²) in [6.45, 7) is 8.03. The fourth-order valence-electron chi connectivity index (χ4n) is 1.88. The Hall–Kier alpha value is -1.70. The molecule has 0 bridgehead atoms. The van der Waals surface area contributed by atoms with Gasteiger partial charge in [-0.1, -0.05) is 0 Å². The molecular formula is C14H14O2. The summed E-state index contributed by atoms with van der Waals surface area (Å²) in [7, 11) is 3.29. The minimum atomic E-state index is 0.796. The second-order valence-electron chi connectivity index (χ2n) is 3.67. The lowest BCUT2D eigenvalue weighted by molar-refractivity contribution is 0.413. The molecule has 0 spiro atoms. The summed E-state index contributed by atoms with van der Waals surface area (Å²) in [5.74, 6) is 1.59. The minimum absolute atomic E-state index is 0.796. The van der Waals surface area contributed by atoms with Gasteiger partial charge in [-0.15, -0.1) is 0 Å². The summed E-state index contributed by atoms with van der Waals surface area (Å²) in [6.07, 6.45) is 0. The second kappa shape index (κ2) is 4.05. The topological polar surface area (TPSA) is 18.5 Å². The van der Waals surface area contributed by atoms with Gasteiger partial charge in [0.05, 0.1) is 14.2 Å². The van der Waals surface area contributed by atoms with Crippen molar-refractivity contribution in [3.63, 3.8) is 0 Å². The maximum atomic E-state index is 5.22. The van der Waals surface area contributed by atoms with E-state index >= 15 is 0 Å². The van der Waals surface area contributed by atoms with E-state index in [-0.39, 0.29) is 0 Å². The van der Waals surface area contributed by atoms with E-state index in [0.29, 0.717) is 0 Å². The molecule has 0 unspecified atom stereocenters. The average Bonchev–Trinajstić information content (AvgIpc) is 2.27. The smallest absolute Gasteiger partial charge is 0.119 e. The highest BCUT2D eigenvalue weighted by Crippen LogP contribution is 2.30. The molecule has 2 heteroatoms. The molecule has 0 atom stereocenters. The third-order valence-electron chi connectivity index (χ3n) is 2.63. The molecule has 0 saturated heterocycles. The Morgan fingerprint density at radius 3 is 1.62 bits per heavy atom. The average molecular weight is 214 g/mol. The first-order valence-corrected chi connectivity index (χ1v) is 4.99. The van der Waals surface area contributed by atoms with Crippen LogP contribution in [0.3, 0.4) is 0 Å². The van der Waals surface area contributed by atoms with Crippen molar-refractivity contribution >= 4 is 10.8 Å². The number of benzene rings is 2. The molecule has 16 heavy (non-hydrogen) atoms. The first-order valence-electron chi connectivity index (χ1n) is 4.99. The summed E-state index contributed by atoms with van der Waals surface area (Å²) in [5.41, 5.74) is 1.84. The van der Waals surface area contributed by atoms with Crippen LogP contribution >= 0.6 is 0 Å². The minimum Gasteiger partial charge on any atom is -0.497 e. The summed E-state index contributed by atoms with van der Waals surface area (Å²) >= 11 is 0. The quantitative estimate of drug-likeness (QED) is 0.764. The lowest BCUT2D eigenvalue weighted by Gasteiger charge is -2.10. The molecule has 0 saturated carbocycles. The van der Waals surface area contributed by atoms with Crippen molar-refractivity contribution in [1.82, 2.24) is 0 Å². The third-order valence-corrected chi connectivity index (χ3v) is 2.63. The molecule has 0 amide bonds. The molecule has 0 N–H and O–H groups in total. The largest absolute Gasteiger partial charge is 0.497 e. The number of fused-ring (bicyclic) bond motifs is 1. The van der Waals surface area contributed by atoms with Crippen LogP contribution in [-0.4, -0.2) is 14.2 Å². The summed E-state index contributed by atoms with van der Waals surface area (Å²) in [6, 6.07) is 7.73. The molecule has 2 rings (SSSR count). The molecule has 2 aromatic rings. The molecule has 2 radical (unpaired) electrons. The zero-order valence-electron chi connectivity index (χ0n) is 9.54. The fraction of sp³-hybridized carbons (Fsp3) is 0.143. The molecule has 82 valence electrons. The Bertz CT molecular complexity index is 485. The number of rotatable bonds is 2. The van der Waals surface area contributed by atoms with Crippen molar-refractivity contribution in [3.05, 3.63) is 49.2 Å². The highest BCUT2D eigenvalue weighted by atomic mass is 16.5. The number of hydrogen-bond acceptors (Lipinski definition) is 2. The Labute approximate surface area is 95.8 Å². The van der Waals surface area contributed by atoms with Crippen LogP contribution in [0, 0.1) is 13.8 Å². The molecule has 0 aromatic heterocycles. The lowest BCUT2D eigenvalue weighted by Crippen LogP contribution is -1.90. The predicted octanol–water partition coefficient (Wildman–Crippen LogP) is 3.22. The standard InChI is InChI=1S/C14H14O2/c1-9-5-12(15-3)7-11-8-13(16-4)6-10(2)14(9)11/h5-8H,1-2H2,3-4H3. The molecule has 0 aliphatic carbocycles. The van der Waals surface area contributed by atoms with Gasteiger partial charge < -0.3 is 9.47 Å². The lowest BCUT2D eigenvalue weighted by atomic mass is 10.00. The zero-order chi connectivity index (χ0) is 11.7. The van der Waals surface area contributed by atoms with E-state index in [4.69, 9.17) is 9.47 Å². The van der Waals surface area contributed by atoms with Crippen molar-refractivity contribution in [3.8, 4) is 11.5 Å². The Balaban J connectivity index is 2.79. The van der Waals surface area contributed by atoms with Crippen molar-refractivity contribution < 1.29 is 9.47 Å². The van der Waals surface area contributed by atoms with E-state index in [2.05, 4.69) is 13.8 Å². The number of methoxy groups -OCH3 is 2. The monoisotopic (exact) mass is 214 g/mol. The van der Waals surface area contributed by atoms with Crippen LogP contribution in [0.1, 0.15) is 11.1 Å².